The van der Waals surface area contributed by atoms with E-state index in [1.165, 1.54) is 12.0 Å². The Kier molecular flexibility index (Phi) is 10.4. The fourth-order valence-electron chi connectivity index (χ4n) is 7.04. The van der Waals surface area contributed by atoms with Crippen molar-refractivity contribution in [2.45, 2.75) is 76.9 Å². The quantitative estimate of drug-likeness (QED) is 0.156. The Morgan fingerprint density at radius 1 is 1.08 bits per heavy atom. The number of carboxylic acid groups (broad SMARTS) is 1. The summed E-state index contributed by atoms with van der Waals surface area (Å²) in [6, 6.07) is 13.9. The molecule has 280 valence electrons. The van der Waals surface area contributed by atoms with Crippen molar-refractivity contribution in [3.05, 3.63) is 82.7 Å². The van der Waals surface area contributed by atoms with Crippen molar-refractivity contribution in [1.29, 1.82) is 0 Å². The highest BCUT2D eigenvalue weighted by Crippen LogP contribution is 2.44. The standard InChI is InChI=1S/C39H48N8O6/c1-38(2,3)47(37(50)51)22-28(23-11-9-8-10-12-23)42-35(49)33-30-32(45-53-33)31-25(20-39(30,4)5)21-40-36(44-31)43-27-14-13-24(19-29(27)52-7)34(48)41-26-15-17-46(6)18-16-26/h8-14,19,21,26,28H,15-18,20,22H2,1-7H3,(H,41,48)(H,42,49)(H,50,51)(H,40,43,44)/t28-/m0/s1. The highest BCUT2D eigenvalue weighted by atomic mass is 16.5. The lowest BCUT2D eigenvalue weighted by Crippen LogP contribution is -2.49. The number of benzene rings is 2. The summed E-state index contributed by atoms with van der Waals surface area (Å²) in [6.45, 7) is 11.3. The monoisotopic (exact) mass is 724 g/mol. The molecular formula is C39H48N8O6. The number of amides is 3. The van der Waals surface area contributed by atoms with E-state index in [9.17, 15) is 19.5 Å². The number of ether oxygens (including phenoxy) is 1. The summed E-state index contributed by atoms with van der Waals surface area (Å²) in [4.78, 5) is 52.3. The first-order valence-electron chi connectivity index (χ1n) is 17.8. The minimum atomic E-state index is -1.09. The van der Waals surface area contributed by atoms with Gasteiger partial charge in [0.15, 0.2) is 0 Å². The Morgan fingerprint density at radius 2 is 1.79 bits per heavy atom. The van der Waals surface area contributed by atoms with E-state index in [1.807, 2.05) is 65.0 Å². The van der Waals surface area contributed by atoms with Gasteiger partial charge in [0.1, 0.15) is 17.1 Å². The number of methoxy groups -OCH3 is 1. The molecule has 0 saturated carbocycles. The first-order valence-corrected chi connectivity index (χ1v) is 17.8. The zero-order valence-corrected chi connectivity index (χ0v) is 31.3. The van der Waals surface area contributed by atoms with Crippen LogP contribution in [-0.4, -0.2) is 93.3 Å². The molecule has 4 aromatic rings. The zero-order valence-electron chi connectivity index (χ0n) is 31.3. The van der Waals surface area contributed by atoms with Crippen molar-refractivity contribution >= 4 is 29.5 Å². The second-order valence-electron chi connectivity index (χ2n) is 15.5. The molecule has 53 heavy (non-hydrogen) atoms. The van der Waals surface area contributed by atoms with Gasteiger partial charge in [0.2, 0.25) is 11.7 Å². The number of aromatic nitrogens is 3. The van der Waals surface area contributed by atoms with Gasteiger partial charge in [-0.25, -0.2) is 14.8 Å². The molecule has 14 heteroatoms. The first-order chi connectivity index (χ1) is 25.1. The van der Waals surface area contributed by atoms with E-state index >= 15 is 0 Å². The van der Waals surface area contributed by atoms with Gasteiger partial charge in [0.05, 0.1) is 18.8 Å². The van der Waals surface area contributed by atoms with Gasteiger partial charge in [-0.05, 0) is 89.5 Å². The third-order valence-electron chi connectivity index (χ3n) is 9.97. The molecule has 0 radical (unpaired) electrons. The van der Waals surface area contributed by atoms with Gasteiger partial charge < -0.3 is 40.1 Å². The van der Waals surface area contributed by atoms with Crippen LogP contribution in [-0.2, 0) is 11.8 Å². The van der Waals surface area contributed by atoms with Crippen molar-refractivity contribution in [3.8, 4) is 17.1 Å². The molecule has 1 atom stereocenters. The molecule has 14 nitrogen and oxygen atoms in total. The van der Waals surface area contributed by atoms with Gasteiger partial charge in [-0.3, -0.25) is 9.59 Å². The maximum Gasteiger partial charge on any atom is 0.407 e. The summed E-state index contributed by atoms with van der Waals surface area (Å²) in [5.41, 5.74) is 2.92. The van der Waals surface area contributed by atoms with E-state index in [0.717, 1.165) is 37.1 Å². The number of carbonyl (C=O) groups is 3. The topological polar surface area (TPSA) is 175 Å². The van der Waals surface area contributed by atoms with Gasteiger partial charge in [0, 0.05) is 40.9 Å². The van der Waals surface area contributed by atoms with Crippen LogP contribution in [0.15, 0.2) is 59.3 Å². The number of nitrogens with zero attached hydrogens (tertiary/aromatic N) is 5. The molecule has 3 amide bonds. The summed E-state index contributed by atoms with van der Waals surface area (Å²) in [5, 5.41) is 23.8. The van der Waals surface area contributed by atoms with Crippen LogP contribution in [0.3, 0.4) is 0 Å². The largest absolute Gasteiger partial charge is 0.495 e. The van der Waals surface area contributed by atoms with Gasteiger partial charge in [0.25, 0.3) is 11.8 Å². The number of fused-ring (bicyclic) bond motifs is 3. The van der Waals surface area contributed by atoms with E-state index in [0.29, 0.717) is 40.4 Å². The van der Waals surface area contributed by atoms with Crippen LogP contribution in [0.1, 0.15) is 91.1 Å². The molecule has 1 fully saturated rings. The molecule has 2 aromatic carbocycles. The number of nitrogens with one attached hydrogen (secondary N) is 3. The highest BCUT2D eigenvalue weighted by Gasteiger charge is 2.41. The van der Waals surface area contributed by atoms with Gasteiger partial charge in [-0.2, -0.15) is 0 Å². The predicted molar refractivity (Wildman–Crippen MR) is 200 cm³/mol. The Hall–Kier alpha value is -5.50. The van der Waals surface area contributed by atoms with E-state index in [-0.39, 0.29) is 30.2 Å². The van der Waals surface area contributed by atoms with Gasteiger partial charge >= 0.3 is 6.09 Å². The molecule has 2 aliphatic rings. The SMILES string of the molecule is COc1cc(C(=O)NC2CCN(C)CC2)ccc1Nc1ncc2c(n1)-c1noc(C(=O)N[C@@H](CN(C(=O)O)C(C)(C)C)c3ccccc3)c1C(C)(C)C2. The van der Waals surface area contributed by atoms with Crippen LogP contribution in [0, 0.1) is 0 Å². The fourth-order valence-corrected chi connectivity index (χ4v) is 7.04. The lowest BCUT2D eigenvalue weighted by Gasteiger charge is -2.36. The first kappa shape index (κ1) is 37.3. The van der Waals surface area contributed by atoms with Crippen molar-refractivity contribution < 1.29 is 28.8 Å². The number of hydrogen-bond donors (Lipinski definition) is 4. The minimum absolute atomic E-state index is 0.0207. The molecule has 0 unspecified atom stereocenters. The van der Waals surface area contributed by atoms with Crippen LogP contribution in [0.25, 0.3) is 11.4 Å². The van der Waals surface area contributed by atoms with Crippen molar-refractivity contribution in [2.24, 2.45) is 0 Å². The molecule has 1 aliphatic heterocycles. The van der Waals surface area contributed by atoms with Crippen molar-refractivity contribution in [1.82, 2.24) is 35.6 Å². The van der Waals surface area contributed by atoms with Crippen molar-refractivity contribution in [2.75, 3.05) is 39.1 Å². The second kappa shape index (κ2) is 14.9. The van der Waals surface area contributed by atoms with Gasteiger partial charge in [-0.15, -0.1) is 0 Å². The molecule has 0 bridgehead atoms. The van der Waals surface area contributed by atoms with E-state index in [4.69, 9.17) is 14.2 Å². The average Bonchev–Trinajstić information content (AvgIpc) is 3.58. The van der Waals surface area contributed by atoms with E-state index in [1.54, 1.807) is 24.4 Å². The molecule has 0 spiro atoms. The van der Waals surface area contributed by atoms with E-state index < -0.39 is 29.0 Å². The molecule has 2 aromatic heterocycles. The molecule has 3 heterocycles. The van der Waals surface area contributed by atoms with Crippen LogP contribution in [0.5, 0.6) is 5.75 Å². The highest BCUT2D eigenvalue weighted by molar-refractivity contribution is 5.96. The summed E-state index contributed by atoms with van der Waals surface area (Å²) in [6.07, 6.45) is 2.97. The molecule has 1 aliphatic carbocycles. The number of carbonyl (C=O) groups excluding carboxylic acids is 2. The minimum Gasteiger partial charge on any atom is -0.495 e. The lowest BCUT2D eigenvalue weighted by molar-refractivity contribution is 0.0798. The summed E-state index contributed by atoms with van der Waals surface area (Å²) in [5.74, 6) is 0.0910. The smallest absolute Gasteiger partial charge is 0.407 e. The molecule has 1 saturated heterocycles. The average molecular weight is 725 g/mol. The molecule has 4 N–H and O–H groups in total. The number of anilines is 2. The number of piperidine rings is 1. The predicted octanol–water partition coefficient (Wildman–Crippen LogP) is 5.79. The normalized spacial score (nSPS) is 16.1. The zero-order chi connectivity index (χ0) is 38.1. The Balaban J connectivity index is 1.25. The summed E-state index contributed by atoms with van der Waals surface area (Å²) >= 11 is 0. The third-order valence-corrected chi connectivity index (χ3v) is 9.97. The maximum absolute atomic E-state index is 14.0. The molecular weight excluding hydrogens is 676 g/mol. The Labute approximate surface area is 309 Å². The second-order valence-corrected chi connectivity index (χ2v) is 15.5. The van der Waals surface area contributed by atoms with E-state index in [2.05, 4.69) is 38.0 Å². The Bertz CT molecular complexity index is 1980. The van der Waals surface area contributed by atoms with Crippen LogP contribution < -0.4 is 20.7 Å². The number of likely N-dealkylation sites (tertiary alicyclic amines) is 1. The van der Waals surface area contributed by atoms with Crippen LogP contribution in [0.4, 0.5) is 16.4 Å². The maximum atomic E-state index is 14.0. The third kappa shape index (κ3) is 8.12. The van der Waals surface area contributed by atoms with Gasteiger partial charge in [-0.1, -0.05) is 49.3 Å². The van der Waals surface area contributed by atoms with Crippen LogP contribution >= 0.6 is 0 Å². The summed E-state index contributed by atoms with van der Waals surface area (Å²) < 4.78 is 11.4. The summed E-state index contributed by atoms with van der Waals surface area (Å²) in [7, 11) is 3.62. The fraction of sp³-hybridized carbons (Fsp3) is 0.436. The molecule has 6 rings (SSSR count). The Morgan fingerprint density at radius 3 is 2.45 bits per heavy atom. The van der Waals surface area contributed by atoms with Crippen molar-refractivity contribution in [3.63, 3.8) is 0 Å². The van der Waals surface area contributed by atoms with Crippen LogP contribution in [0.2, 0.25) is 0 Å². The number of rotatable bonds is 10. The number of hydrogen-bond acceptors (Lipinski definition) is 10. The lowest BCUT2D eigenvalue weighted by atomic mass is 9.73.